The molecule has 1 saturated carbocycles. The molecular weight excluding hydrogens is 304 g/mol. The van der Waals surface area contributed by atoms with E-state index in [2.05, 4.69) is 18.6 Å². The number of sulfonamides is 1. The van der Waals surface area contributed by atoms with E-state index in [9.17, 15) is 18.5 Å². The first kappa shape index (κ1) is 15.2. The van der Waals surface area contributed by atoms with Crippen LogP contribution in [-0.2, 0) is 10.0 Å². The smallest absolute Gasteiger partial charge is 0.258 e. The minimum atomic E-state index is -3.84. The van der Waals surface area contributed by atoms with Crippen molar-refractivity contribution in [2.75, 3.05) is 6.54 Å². The molecule has 1 atom stereocenters. The first-order valence-electron chi connectivity index (χ1n) is 6.07. The van der Waals surface area contributed by atoms with Crippen LogP contribution in [0.5, 0.6) is 0 Å². The highest BCUT2D eigenvalue weighted by molar-refractivity contribution is 7.89. The van der Waals surface area contributed by atoms with Gasteiger partial charge in [-0.15, -0.1) is 0 Å². The number of benzene rings is 1. The van der Waals surface area contributed by atoms with Gasteiger partial charge in [0.25, 0.3) is 5.69 Å². The highest BCUT2D eigenvalue weighted by atomic mass is 35.5. The molecule has 0 bridgehead atoms. The van der Waals surface area contributed by atoms with E-state index in [0.717, 1.165) is 12.5 Å². The van der Waals surface area contributed by atoms with E-state index in [1.807, 2.05) is 0 Å². The van der Waals surface area contributed by atoms with Gasteiger partial charge in [0.15, 0.2) is 0 Å². The average molecular weight is 319 g/mol. The molecule has 1 aromatic rings. The number of nitro groups is 1. The van der Waals surface area contributed by atoms with E-state index in [0.29, 0.717) is 6.54 Å². The van der Waals surface area contributed by atoms with Gasteiger partial charge < -0.3 is 0 Å². The van der Waals surface area contributed by atoms with Gasteiger partial charge in [-0.1, -0.05) is 25.4 Å². The Kier molecular flexibility index (Phi) is 3.79. The van der Waals surface area contributed by atoms with Crippen molar-refractivity contribution in [1.29, 1.82) is 0 Å². The Morgan fingerprint density at radius 2 is 2.10 bits per heavy atom. The van der Waals surface area contributed by atoms with Gasteiger partial charge in [-0.2, -0.15) is 0 Å². The fraction of sp³-hybridized carbons (Fsp3) is 0.500. The number of non-ortho nitro benzene ring substituents is 1. The number of nitrogens with one attached hydrogen (secondary N) is 1. The molecule has 1 aromatic carbocycles. The topological polar surface area (TPSA) is 89.3 Å². The summed E-state index contributed by atoms with van der Waals surface area (Å²) in [5.41, 5.74) is -0.156. The van der Waals surface area contributed by atoms with Crippen molar-refractivity contribution in [2.45, 2.75) is 25.2 Å². The van der Waals surface area contributed by atoms with Crippen molar-refractivity contribution in [3.63, 3.8) is 0 Å². The van der Waals surface area contributed by atoms with Crippen LogP contribution in [0, 0.1) is 21.4 Å². The van der Waals surface area contributed by atoms with Crippen LogP contribution < -0.4 is 4.72 Å². The van der Waals surface area contributed by atoms with E-state index >= 15 is 0 Å². The molecule has 0 amide bonds. The van der Waals surface area contributed by atoms with Crippen molar-refractivity contribution in [3.8, 4) is 0 Å². The van der Waals surface area contributed by atoms with Gasteiger partial charge in [0.05, 0.1) is 9.95 Å². The molecule has 1 aliphatic rings. The zero-order valence-corrected chi connectivity index (χ0v) is 12.7. The standard InChI is InChI=1S/C12H15ClN2O4S/c1-12(2)6-8(12)7-14-20(18,19)11-5-9(15(16)17)3-4-10(11)13/h3-5,8,14H,6-7H2,1-2H3. The van der Waals surface area contributed by atoms with E-state index in [-0.39, 0.29) is 26.9 Å². The first-order valence-corrected chi connectivity index (χ1v) is 7.93. The second kappa shape index (κ2) is 4.98. The second-order valence-corrected chi connectivity index (χ2v) is 7.76. The lowest BCUT2D eigenvalue weighted by atomic mass is 10.1. The summed E-state index contributed by atoms with van der Waals surface area (Å²) < 4.78 is 26.8. The number of nitrogens with zero attached hydrogens (tertiary/aromatic N) is 1. The minimum absolute atomic E-state index is 0.0295. The predicted octanol–water partition coefficient (Wildman–Crippen LogP) is 2.57. The molecule has 6 nitrogen and oxygen atoms in total. The Hall–Kier alpha value is -1.18. The van der Waals surface area contributed by atoms with Crippen molar-refractivity contribution in [1.82, 2.24) is 4.72 Å². The van der Waals surface area contributed by atoms with Gasteiger partial charge in [0.1, 0.15) is 4.90 Å². The Bertz CT molecular complexity index is 657. The predicted molar refractivity (Wildman–Crippen MR) is 75.2 cm³/mol. The molecule has 0 heterocycles. The lowest BCUT2D eigenvalue weighted by Crippen LogP contribution is -2.27. The van der Waals surface area contributed by atoms with Crippen molar-refractivity contribution < 1.29 is 13.3 Å². The Morgan fingerprint density at radius 1 is 1.50 bits per heavy atom. The molecule has 1 fully saturated rings. The Balaban J connectivity index is 2.20. The van der Waals surface area contributed by atoms with Gasteiger partial charge in [0, 0.05) is 18.7 Å². The highest BCUT2D eigenvalue weighted by Crippen LogP contribution is 2.51. The van der Waals surface area contributed by atoms with Crippen LogP contribution in [0.15, 0.2) is 23.1 Å². The maximum atomic E-state index is 12.2. The van der Waals surface area contributed by atoms with Crippen molar-refractivity contribution in [2.24, 2.45) is 11.3 Å². The number of hydrogen-bond donors (Lipinski definition) is 1. The third-order valence-electron chi connectivity index (χ3n) is 3.65. The zero-order chi connectivity index (χ0) is 15.1. The van der Waals surface area contributed by atoms with E-state index < -0.39 is 14.9 Å². The van der Waals surface area contributed by atoms with Crippen LogP contribution in [0.4, 0.5) is 5.69 Å². The highest BCUT2D eigenvalue weighted by Gasteiger charge is 2.45. The van der Waals surface area contributed by atoms with Crippen LogP contribution in [0.2, 0.25) is 5.02 Å². The molecule has 1 unspecified atom stereocenters. The van der Waals surface area contributed by atoms with E-state index in [1.54, 1.807) is 0 Å². The Labute approximate surface area is 122 Å². The van der Waals surface area contributed by atoms with E-state index in [1.165, 1.54) is 12.1 Å². The van der Waals surface area contributed by atoms with Gasteiger partial charge >= 0.3 is 0 Å². The lowest BCUT2D eigenvalue weighted by Gasteiger charge is -2.09. The second-order valence-electron chi connectivity index (χ2n) is 5.61. The molecule has 2 rings (SSSR count). The van der Waals surface area contributed by atoms with Crippen molar-refractivity contribution in [3.05, 3.63) is 33.3 Å². The molecule has 110 valence electrons. The van der Waals surface area contributed by atoms with E-state index in [4.69, 9.17) is 11.6 Å². The van der Waals surface area contributed by atoms with Gasteiger partial charge in [0.2, 0.25) is 10.0 Å². The summed E-state index contributed by atoms with van der Waals surface area (Å²) in [4.78, 5) is 9.79. The summed E-state index contributed by atoms with van der Waals surface area (Å²) in [6, 6.07) is 3.36. The zero-order valence-electron chi connectivity index (χ0n) is 11.1. The molecule has 1 aliphatic carbocycles. The van der Waals surface area contributed by atoms with Crippen LogP contribution in [0.25, 0.3) is 0 Å². The molecular formula is C12H15ClN2O4S. The number of halogens is 1. The number of hydrogen-bond acceptors (Lipinski definition) is 4. The molecule has 8 heteroatoms. The van der Waals surface area contributed by atoms with Gasteiger partial charge in [-0.25, -0.2) is 13.1 Å². The summed E-state index contributed by atoms with van der Waals surface area (Å²) in [5.74, 6) is 0.287. The largest absolute Gasteiger partial charge is 0.270 e. The maximum Gasteiger partial charge on any atom is 0.270 e. The lowest BCUT2D eigenvalue weighted by molar-refractivity contribution is -0.385. The normalized spacial score (nSPS) is 20.6. The minimum Gasteiger partial charge on any atom is -0.258 e. The van der Waals surface area contributed by atoms with Gasteiger partial charge in [-0.05, 0) is 23.8 Å². The first-order chi connectivity index (χ1) is 9.13. The fourth-order valence-electron chi connectivity index (χ4n) is 2.02. The van der Waals surface area contributed by atoms with Crippen LogP contribution in [0.1, 0.15) is 20.3 Å². The number of nitro benzene ring substituents is 1. The molecule has 0 radical (unpaired) electrons. The molecule has 0 spiro atoms. The molecule has 0 saturated heterocycles. The summed E-state index contributed by atoms with van der Waals surface area (Å²) in [6.07, 6.45) is 0.957. The SMILES string of the molecule is CC1(C)CC1CNS(=O)(=O)c1cc([N+](=O)[O-])ccc1Cl. The van der Waals surface area contributed by atoms with Crippen molar-refractivity contribution >= 4 is 27.3 Å². The summed E-state index contributed by atoms with van der Waals surface area (Å²) >= 11 is 5.83. The Morgan fingerprint density at radius 3 is 2.60 bits per heavy atom. The third-order valence-corrected chi connectivity index (χ3v) is 5.56. The molecule has 20 heavy (non-hydrogen) atoms. The molecule has 0 aliphatic heterocycles. The van der Waals surface area contributed by atoms with Crippen LogP contribution in [-0.4, -0.2) is 19.9 Å². The summed E-state index contributed by atoms with van der Waals surface area (Å²) in [7, 11) is -3.84. The average Bonchev–Trinajstić information content (AvgIpc) is 2.95. The fourth-order valence-corrected chi connectivity index (χ4v) is 3.62. The summed E-state index contributed by atoms with van der Waals surface area (Å²) in [6.45, 7) is 4.44. The summed E-state index contributed by atoms with van der Waals surface area (Å²) in [5, 5.41) is 10.7. The molecule has 0 aromatic heterocycles. The monoisotopic (exact) mass is 318 g/mol. The van der Waals surface area contributed by atoms with Crippen LogP contribution in [0.3, 0.4) is 0 Å². The quantitative estimate of drug-likeness (QED) is 0.667. The third kappa shape index (κ3) is 3.11. The molecule has 1 N–H and O–H groups in total. The van der Waals surface area contributed by atoms with Gasteiger partial charge in [-0.3, -0.25) is 10.1 Å². The number of rotatable bonds is 5. The maximum absolute atomic E-state index is 12.2. The van der Waals surface area contributed by atoms with Crippen LogP contribution >= 0.6 is 11.6 Å².